The molecule has 0 unspecified atom stereocenters. The summed E-state index contributed by atoms with van der Waals surface area (Å²) < 4.78 is 30.8. The maximum atomic E-state index is 12.8. The Morgan fingerprint density at radius 1 is 1.12 bits per heavy atom. The SMILES string of the molecule is C=C(OCC)C(=O)c1ccc2c(c1)N(C)c1ccccc1S2(=O)=O. The van der Waals surface area contributed by atoms with Gasteiger partial charge in [-0.25, -0.2) is 8.42 Å². The molecule has 0 aliphatic carbocycles. The second kappa shape index (κ2) is 5.79. The van der Waals surface area contributed by atoms with Crippen molar-refractivity contribution in [2.75, 3.05) is 18.6 Å². The van der Waals surface area contributed by atoms with E-state index in [4.69, 9.17) is 4.74 Å². The first-order chi connectivity index (χ1) is 11.4. The van der Waals surface area contributed by atoms with Crippen molar-refractivity contribution in [1.29, 1.82) is 0 Å². The number of allylic oxidation sites excluding steroid dienone is 1. The number of anilines is 2. The number of para-hydroxylation sites is 1. The van der Waals surface area contributed by atoms with Gasteiger partial charge in [-0.3, -0.25) is 4.79 Å². The van der Waals surface area contributed by atoms with Crippen LogP contribution in [0.4, 0.5) is 11.4 Å². The minimum Gasteiger partial charge on any atom is -0.490 e. The molecule has 5 nitrogen and oxygen atoms in total. The van der Waals surface area contributed by atoms with Crippen LogP contribution in [-0.4, -0.2) is 27.9 Å². The monoisotopic (exact) mass is 343 g/mol. The summed E-state index contributed by atoms with van der Waals surface area (Å²) in [5.41, 5.74) is 1.38. The minimum atomic E-state index is -3.61. The highest BCUT2D eigenvalue weighted by Gasteiger charge is 2.33. The molecule has 0 bridgehead atoms. The van der Waals surface area contributed by atoms with E-state index in [1.807, 2.05) is 0 Å². The number of hydrogen-bond acceptors (Lipinski definition) is 5. The Kier molecular flexibility index (Phi) is 3.93. The summed E-state index contributed by atoms with van der Waals surface area (Å²) in [6.07, 6.45) is 0. The van der Waals surface area contributed by atoms with Crippen LogP contribution < -0.4 is 4.90 Å². The molecule has 0 amide bonds. The standard InChI is InChI=1S/C18H17NO4S/c1-4-23-12(2)18(20)13-9-10-17-15(11-13)19(3)14-7-5-6-8-16(14)24(17,21)22/h5-11H,2,4H2,1,3H3. The summed E-state index contributed by atoms with van der Waals surface area (Å²) in [6, 6.07) is 11.3. The lowest BCUT2D eigenvalue weighted by molar-refractivity contribution is 0.0929. The van der Waals surface area contributed by atoms with E-state index in [9.17, 15) is 13.2 Å². The first-order valence-corrected chi connectivity index (χ1v) is 8.94. The minimum absolute atomic E-state index is 0.0409. The van der Waals surface area contributed by atoms with Crippen LogP contribution in [0.3, 0.4) is 0 Å². The van der Waals surface area contributed by atoms with Gasteiger partial charge < -0.3 is 9.64 Å². The molecular formula is C18H17NO4S. The van der Waals surface area contributed by atoms with Crippen molar-refractivity contribution in [2.24, 2.45) is 0 Å². The van der Waals surface area contributed by atoms with Crippen molar-refractivity contribution in [3.05, 3.63) is 60.4 Å². The number of Topliss-reactive ketones (excluding diaryl/α,β-unsaturated/α-hetero) is 1. The fourth-order valence-corrected chi connectivity index (χ4v) is 4.45. The van der Waals surface area contributed by atoms with Crippen molar-refractivity contribution in [3.8, 4) is 0 Å². The molecule has 2 aromatic carbocycles. The Bertz CT molecular complexity index is 947. The number of rotatable bonds is 4. The number of sulfone groups is 1. The van der Waals surface area contributed by atoms with Crippen molar-refractivity contribution in [2.45, 2.75) is 16.7 Å². The van der Waals surface area contributed by atoms with E-state index in [0.717, 1.165) is 0 Å². The van der Waals surface area contributed by atoms with Crippen LogP contribution >= 0.6 is 0 Å². The van der Waals surface area contributed by atoms with Gasteiger partial charge >= 0.3 is 0 Å². The summed E-state index contributed by atoms with van der Waals surface area (Å²) in [6.45, 7) is 5.72. The fourth-order valence-electron chi connectivity index (χ4n) is 2.76. The van der Waals surface area contributed by atoms with E-state index < -0.39 is 9.84 Å². The Morgan fingerprint density at radius 2 is 1.79 bits per heavy atom. The molecular weight excluding hydrogens is 326 g/mol. The largest absolute Gasteiger partial charge is 0.490 e. The van der Waals surface area contributed by atoms with E-state index in [0.29, 0.717) is 23.5 Å². The van der Waals surface area contributed by atoms with Gasteiger partial charge in [0.15, 0.2) is 5.76 Å². The average Bonchev–Trinajstić information content (AvgIpc) is 2.59. The zero-order valence-electron chi connectivity index (χ0n) is 13.4. The van der Waals surface area contributed by atoms with E-state index in [-0.39, 0.29) is 21.3 Å². The number of ether oxygens (including phenoxy) is 1. The van der Waals surface area contributed by atoms with Gasteiger partial charge in [0.1, 0.15) is 0 Å². The lowest BCUT2D eigenvalue weighted by Gasteiger charge is -2.29. The van der Waals surface area contributed by atoms with Gasteiger partial charge in [-0.15, -0.1) is 0 Å². The lowest BCUT2D eigenvalue weighted by Crippen LogP contribution is -2.22. The fraction of sp³-hybridized carbons (Fsp3) is 0.167. The Balaban J connectivity index is 2.14. The predicted molar refractivity (Wildman–Crippen MR) is 91.5 cm³/mol. The molecule has 1 heterocycles. The summed E-state index contributed by atoms with van der Waals surface area (Å²) >= 11 is 0. The molecule has 124 valence electrons. The molecule has 6 heteroatoms. The third kappa shape index (κ3) is 2.39. The molecule has 1 aliphatic rings. The molecule has 0 fully saturated rings. The van der Waals surface area contributed by atoms with Crippen LogP contribution in [0.1, 0.15) is 17.3 Å². The number of carbonyl (C=O) groups excluding carboxylic acids is 1. The van der Waals surface area contributed by atoms with Crippen LogP contribution in [-0.2, 0) is 14.6 Å². The summed E-state index contributed by atoms with van der Waals surface area (Å²) in [5.74, 6) is -0.316. The number of fused-ring (bicyclic) bond motifs is 2. The van der Waals surface area contributed by atoms with Crippen LogP contribution in [0.15, 0.2) is 64.6 Å². The topological polar surface area (TPSA) is 63.7 Å². The molecule has 3 rings (SSSR count). The van der Waals surface area contributed by atoms with E-state index >= 15 is 0 Å². The average molecular weight is 343 g/mol. The van der Waals surface area contributed by atoms with Gasteiger partial charge in [0.05, 0.1) is 27.8 Å². The van der Waals surface area contributed by atoms with Crippen molar-refractivity contribution >= 4 is 27.0 Å². The highest BCUT2D eigenvalue weighted by molar-refractivity contribution is 7.92. The smallest absolute Gasteiger partial charge is 0.226 e. The molecule has 1 aliphatic heterocycles. The first kappa shape index (κ1) is 16.3. The molecule has 0 spiro atoms. The molecule has 0 aromatic heterocycles. The second-order valence-corrected chi connectivity index (χ2v) is 7.28. The van der Waals surface area contributed by atoms with E-state index in [1.54, 1.807) is 49.2 Å². The number of hydrogen-bond donors (Lipinski definition) is 0. The third-order valence-electron chi connectivity index (χ3n) is 3.96. The number of ketones is 1. The van der Waals surface area contributed by atoms with Crippen molar-refractivity contribution < 1.29 is 17.9 Å². The maximum Gasteiger partial charge on any atom is 0.226 e. The van der Waals surface area contributed by atoms with Crippen LogP contribution in [0.5, 0.6) is 0 Å². The van der Waals surface area contributed by atoms with Crippen molar-refractivity contribution in [3.63, 3.8) is 0 Å². The molecule has 0 radical (unpaired) electrons. The molecule has 2 aromatic rings. The molecule has 0 N–H and O–H groups in total. The normalized spacial score (nSPS) is 14.5. The predicted octanol–water partition coefficient (Wildman–Crippen LogP) is 3.33. The number of carbonyl (C=O) groups is 1. The molecule has 0 saturated carbocycles. The number of nitrogens with zero attached hydrogens (tertiary/aromatic N) is 1. The van der Waals surface area contributed by atoms with Gasteiger partial charge in [0.2, 0.25) is 15.6 Å². The van der Waals surface area contributed by atoms with Gasteiger partial charge in [-0.1, -0.05) is 18.7 Å². The zero-order valence-corrected chi connectivity index (χ0v) is 14.3. The van der Waals surface area contributed by atoms with Crippen LogP contribution in [0.25, 0.3) is 0 Å². The highest BCUT2D eigenvalue weighted by atomic mass is 32.2. The molecule has 0 saturated heterocycles. The number of benzene rings is 2. The van der Waals surface area contributed by atoms with Crippen LogP contribution in [0, 0.1) is 0 Å². The Hall–Kier alpha value is -2.60. The summed E-state index contributed by atoms with van der Waals surface area (Å²) in [5, 5.41) is 0. The van der Waals surface area contributed by atoms with Gasteiger partial charge in [-0.05, 0) is 37.3 Å². The van der Waals surface area contributed by atoms with Gasteiger partial charge in [0, 0.05) is 12.6 Å². The molecule has 0 atom stereocenters. The molecule has 24 heavy (non-hydrogen) atoms. The van der Waals surface area contributed by atoms with Crippen LogP contribution in [0.2, 0.25) is 0 Å². The lowest BCUT2D eigenvalue weighted by atomic mass is 10.1. The van der Waals surface area contributed by atoms with Gasteiger partial charge in [0.25, 0.3) is 0 Å². The Labute approximate surface area is 141 Å². The van der Waals surface area contributed by atoms with Gasteiger partial charge in [-0.2, -0.15) is 0 Å². The Morgan fingerprint density at radius 3 is 2.50 bits per heavy atom. The maximum absolute atomic E-state index is 12.8. The summed E-state index contributed by atoms with van der Waals surface area (Å²) in [7, 11) is -1.84. The zero-order chi connectivity index (χ0) is 17.5. The third-order valence-corrected chi connectivity index (χ3v) is 5.81. The summed E-state index contributed by atoms with van der Waals surface area (Å²) in [4.78, 5) is 14.6. The highest BCUT2D eigenvalue weighted by Crippen LogP contribution is 2.43. The second-order valence-electron chi connectivity index (χ2n) is 5.40. The van der Waals surface area contributed by atoms with E-state index in [2.05, 4.69) is 6.58 Å². The van der Waals surface area contributed by atoms with Crippen molar-refractivity contribution in [1.82, 2.24) is 0 Å². The first-order valence-electron chi connectivity index (χ1n) is 7.46. The quantitative estimate of drug-likeness (QED) is 0.484. The van der Waals surface area contributed by atoms with E-state index in [1.165, 1.54) is 12.1 Å².